The van der Waals surface area contributed by atoms with Gasteiger partial charge in [-0.15, -0.1) is 0 Å². The molecular weight excluding hydrogens is 318 g/mol. The summed E-state index contributed by atoms with van der Waals surface area (Å²) in [7, 11) is 0. The van der Waals surface area contributed by atoms with Crippen molar-refractivity contribution in [2.45, 2.75) is 12.5 Å². The van der Waals surface area contributed by atoms with Gasteiger partial charge in [-0.3, -0.25) is 20.2 Å². The standard InChI is InChI=1S/C15H13N3O6/c19-15(20)13(8-10-4-2-1-3-5-10)16-12-7-6-11(17(21)22)9-14(12)18(23)24/h1-7,9,13,16H,8H2,(H,19,20)/t13-/m1/s1. The third-order valence-electron chi connectivity index (χ3n) is 3.30. The normalized spacial score (nSPS) is 11.5. The Balaban J connectivity index is 2.30. The molecule has 2 rings (SSSR count). The summed E-state index contributed by atoms with van der Waals surface area (Å²) >= 11 is 0. The van der Waals surface area contributed by atoms with Crippen LogP contribution in [0.4, 0.5) is 17.1 Å². The van der Waals surface area contributed by atoms with Crippen molar-refractivity contribution in [3.63, 3.8) is 0 Å². The first-order chi connectivity index (χ1) is 11.4. The molecule has 9 nitrogen and oxygen atoms in total. The summed E-state index contributed by atoms with van der Waals surface area (Å²) in [5.74, 6) is -1.19. The molecule has 124 valence electrons. The molecule has 0 fully saturated rings. The van der Waals surface area contributed by atoms with Crippen LogP contribution in [0.5, 0.6) is 0 Å². The molecule has 2 aromatic rings. The fourth-order valence-corrected chi connectivity index (χ4v) is 2.14. The zero-order chi connectivity index (χ0) is 17.7. The summed E-state index contributed by atoms with van der Waals surface area (Å²) in [6, 6.07) is 10.7. The zero-order valence-corrected chi connectivity index (χ0v) is 12.3. The number of aliphatic carboxylic acids is 1. The van der Waals surface area contributed by atoms with Gasteiger partial charge in [-0.2, -0.15) is 0 Å². The van der Waals surface area contributed by atoms with E-state index in [1.807, 2.05) is 0 Å². The van der Waals surface area contributed by atoms with E-state index in [0.29, 0.717) is 0 Å². The molecule has 2 N–H and O–H groups in total. The van der Waals surface area contributed by atoms with Crippen molar-refractivity contribution in [3.05, 3.63) is 74.3 Å². The lowest BCUT2D eigenvalue weighted by atomic mass is 10.1. The molecule has 0 aliphatic rings. The Labute approximate surface area is 135 Å². The number of nitrogens with zero attached hydrogens (tertiary/aromatic N) is 2. The number of benzene rings is 2. The van der Waals surface area contributed by atoms with Crippen LogP contribution in [-0.2, 0) is 11.2 Å². The Morgan fingerprint density at radius 3 is 2.29 bits per heavy atom. The van der Waals surface area contributed by atoms with Crippen LogP contribution in [0.1, 0.15) is 5.56 Å². The van der Waals surface area contributed by atoms with E-state index in [4.69, 9.17) is 0 Å². The second-order valence-corrected chi connectivity index (χ2v) is 4.94. The first-order valence-electron chi connectivity index (χ1n) is 6.84. The number of nitrogens with one attached hydrogen (secondary N) is 1. The van der Waals surface area contributed by atoms with E-state index in [0.717, 1.165) is 23.8 Å². The summed E-state index contributed by atoms with van der Waals surface area (Å²) in [5.41, 5.74) is -0.346. The minimum Gasteiger partial charge on any atom is -0.480 e. The molecule has 0 saturated carbocycles. The maximum Gasteiger partial charge on any atom is 0.326 e. The first-order valence-corrected chi connectivity index (χ1v) is 6.84. The second-order valence-electron chi connectivity index (χ2n) is 4.94. The maximum atomic E-state index is 11.4. The third-order valence-corrected chi connectivity index (χ3v) is 3.30. The molecule has 24 heavy (non-hydrogen) atoms. The largest absolute Gasteiger partial charge is 0.480 e. The van der Waals surface area contributed by atoms with Crippen LogP contribution >= 0.6 is 0 Å². The van der Waals surface area contributed by atoms with Gasteiger partial charge < -0.3 is 10.4 Å². The van der Waals surface area contributed by atoms with Crippen molar-refractivity contribution < 1.29 is 19.7 Å². The van der Waals surface area contributed by atoms with E-state index in [1.165, 1.54) is 0 Å². The number of non-ortho nitro benzene ring substituents is 1. The van der Waals surface area contributed by atoms with Gasteiger partial charge in [0.1, 0.15) is 11.7 Å². The Bertz CT molecular complexity index is 778. The minimum atomic E-state index is -1.19. The molecule has 2 aromatic carbocycles. The molecule has 0 aromatic heterocycles. The molecule has 9 heteroatoms. The molecule has 0 saturated heterocycles. The molecule has 0 spiro atoms. The quantitative estimate of drug-likeness (QED) is 0.588. The number of rotatable bonds is 7. The van der Waals surface area contributed by atoms with Crippen LogP contribution in [0.2, 0.25) is 0 Å². The van der Waals surface area contributed by atoms with Gasteiger partial charge in [0.2, 0.25) is 0 Å². The Kier molecular flexibility index (Phi) is 5.05. The predicted molar refractivity (Wildman–Crippen MR) is 84.9 cm³/mol. The highest BCUT2D eigenvalue weighted by Crippen LogP contribution is 2.29. The predicted octanol–water partition coefficient (Wildman–Crippen LogP) is 2.61. The van der Waals surface area contributed by atoms with Crippen LogP contribution in [0.15, 0.2) is 48.5 Å². The van der Waals surface area contributed by atoms with Crippen LogP contribution in [-0.4, -0.2) is 27.0 Å². The van der Waals surface area contributed by atoms with E-state index < -0.39 is 33.2 Å². The molecule has 0 amide bonds. The highest BCUT2D eigenvalue weighted by atomic mass is 16.6. The summed E-state index contributed by atoms with van der Waals surface area (Å²) < 4.78 is 0. The summed E-state index contributed by atoms with van der Waals surface area (Å²) in [6.07, 6.45) is 0.102. The lowest BCUT2D eigenvalue weighted by Gasteiger charge is -2.15. The molecule has 0 radical (unpaired) electrons. The number of carboxylic acids is 1. The third kappa shape index (κ3) is 4.03. The van der Waals surface area contributed by atoms with E-state index >= 15 is 0 Å². The van der Waals surface area contributed by atoms with Crippen molar-refractivity contribution >= 4 is 23.0 Å². The number of hydrogen-bond acceptors (Lipinski definition) is 6. The number of carboxylic acid groups (broad SMARTS) is 1. The smallest absolute Gasteiger partial charge is 0.326 e. The average molecular weight is 331 g/mol. The highest BCUT2D eigenvalue weighted by Gasteiger charge is 2.24. The van der Waals surface area contributed by atoms with Crippen molar-refractivity contribution in [3.8, 4) is 0 Å². The highest BCUT2D eigenvalue weighted by molar-refractivity contribution is 5.79. The fraction of sp³-hybridized carbons (Fsp3) is 0.133. The first kappa shape index (κ1) is 16.9. The number of carbonyl (C=O) groups is 1. The van der Waals surface area contributed by atoms with Gasteiger partial charge >= 0.3 is 5.97 Å². The summed E-state index contributed by atoms with van der Waals surface area (Å²) in [4.78, 5) is 31.7. The van der Waals surface area contributed by atoms with Gasteiger partial charge in [-0.25, -0.2) is 4.79 Å². The van der Waals surface area contributed by atoms with Gasteiger partial charge in [-0.05, 0) is 11.6 Å². The molecular formula is C15H13N3O6. The van der Waals surface area contributed by atoms with E-state index in [2.05, 4.69) is 5.32 Å². The monoisotopic (exact) mass is 331 g/mol. The van der Waals surface area contributed by atoms with Gasteiger partial charge in [0, 0.05) is 12.5 Å². The molecule has 0 aliphatic heterocycles. The number of nitro groups is 2. The van der Waals surface area contributed by atoms with E-state index in [1.54, 1.807) is 30.3 Å². The number of hydrogen-bond donors (Lipinski definition) is 2. The topological polar surface area (TPSA) is 136 Å². The molecule has 0 aliphatic carbocycles. The SMILES string of the molecule is O=C(O)[C@@H](Cc1ccccc1)Nc1ccc([N+](=O)[O-])cc1[N+](=O)[O-]. The van der Waals surface area contributed by atoms with Crippen LogP contribution in [0.3, 0.4) is 0 Å². The van der Waals surface area contributed by atoms with Crippen molar-refractivity contribution in [1.29, 1.82) is 0 Å². The number of anilines is 1. The maximum absolute atomic E-state index is 11.4. The van der Waals surface area contributed by atoms with E-state index in [9.17, 15) is 30.1 Å². The average Bonchev–Trinajstić information content (AvgIpc) is 2.55. The van der Waals surface area contributed by atoms with E-state index in [-0.39, 0.29) is 12.1 Å². The Morgan fingerprint density at radius 1 is 1.08 bits per heavy atom. The number of nitro benzene ring substituents is 2. The Morgan fingerprint density at radius 2 is 1.75 bits per heavy atom. The molecule has 0 unspecified atom stereocenters. The van der Waals surface area contributed by atoms with Crippen LogP contribution in [0.25, 0.3) is 0 Å². The van der Waals surface area contributed by atoms with Gasteiger partial charge in [-0.1, -0.05) is 30.3 Å². The lowest BCUT2D eigenvalue weighted by Crippen LogP contribution is -2.31. The second kappa shape index (κ2) is 7.18. The Hall–Kier alpha value is -3.49. The van der Waals surface area contributed by atoms with Gasteiger partial charge in [0.15, 0.2) is 0 Å². The van der Waals surface area contributed by atoms with Crippen molar-refractivity contribution in [1.82, 2.24) is 0 Å². The van der Waals surface area contributed by atoms with Gasteiger partial charge in [0.05, 0.1) is 15.9 Å². The molecule has 1 atom stereocenters. The van der Waals surface area contributed by atoms with Crippen molar-refractivity contribution in [2.75, 3.05) is 5.32 Å². The minimum absolute atomic E-state index is 0.0890. The zero-order valence-electron chi connectivity index (χ0n) is 12.3. The molecule has 0 heterocycles. The van der Waals surface area contributed by atoms with Crippen LogP contribution < -0.4 is 5.32 Å². The van der Waals surface area contributed by atoms with Crippen molar-refractivity contribution in [2.24, 2.45) is 0 Å². The summed E-state index contributed by atoms with van der Waals surface area (Å²) in [5, 5.41) is 33.7. The van der Waals surface area contributed by atoms with Gasteiger partial charge in [0.25, 0.3) is 11.4 Å². The summed E-state index contributed by atoms with van der Waals surface area (Å²) in [6.45, 7) is 0. The lowest BCUT2D eigenvalue weighted by molar-refractivity contribution is -0.393. The fourth-order valence-electron chi connectivity index (χ4n) is 2.14. The van der Waals surface area contributed by atoms with Crippen LogP contribution in [0, 0.1) is 20.2 Å². The molecule has 0 bridgehead atoms.